The average molecular weight is 284 g/mol. The van der Waals surface area contributed by atoms with Gasteiger partial charge in [0.15, 0.2) is 0 Å². The Morgan fingerprint density at radius 1 is 1.25 bits per heavy atom. The third-order valence-electron chi connectivity index (χ3n) is 3.62. The standard InChI is InChI=1S/C15H28N2O3/c1-15(2,3)13-14(19)17(10-8-12(18)16-13)9-6-5-7-11-20-4/h13H,5-11H2,1-4H3,(H,16,18). The molecular formula is C15H28N2O3. The fourth-order valence-electron chi connectivity index (χ4n) is 2.36. The van der Waals surface area contributed by atoms with Gasteiger partial charge in [0.05, 0.1) is 0 Å². The minimum Gasteiger partial charge on any atom is -0.385 e. The molecule has 1 saturated heterocycles. The van der Waals surface area contributed by atoms with Crippen molar-refractivity contribution in [3.63, 3.8) is 0 Å². The molecule has 0 aromatic heterocycles. The first-order chi connectivity index (χ1) is 9.36. The second-order valence-electron chi connectivity index (χ2n) is 6.50. The summed E-state index contributed by atoms with van der Waals surface area (Å²) in [5, 5.41) is 2.86. The summed E-state index contributed by atoms with van der Waals surface area (Å²) >= 11 is 0. The molecule has 0 radical (unpaired) electrons. The van der Waals surface area contributed by atoms with Crippen molar-refractivity contribution in [1.82, 2.24) is 10.2 Å². The molecule has 0 aromatic rings. The molecule has 2 amide bonds. The van der Waals surface area contributed by atoms with Crippen LogP contribution in [0.4, 0.5) is 0 Å². The van der Waals surface area contributed by atoms with Gasteiger partial charge in [0.2, 0.25) is 11.8 Å². The van der Waals surface area contributed by atoms with Crippen LogP contribution in [0.1, 0.15) is 46.5 Å². The van der Waals surface area contributed by atoms with Crippen molar-refractivity contribution in [3.8, 4) is 0 Å². The molecule has 1 aliphatic heterocycles. The maximum absolute atomic E-state index is 12.5. The summed E-state index contributed by atoms with van der Waals surface area (Å²) in [6, 6.07) is -0.420. The number of carbonyl (C=O) groups excluding carboxylic acids is 2. The van der Waals surface area contributed by atoms with Crippen LogP contribution < -0.4 is 5.32 Å². The Morgan fingerprint density at radius 2 is 1.95 bits per heavy atom. The topological polar surface area (TPSA) is 58.6 Å². The SMILES string of the molecule is COCCCCCN1CCC(=O)NC(C(C)(C)C)C1=O. The quantitative estimate of drug-likeness (QED) is 0.753. The third-order valence-corrected chi connectivity index (χ3v) is 3.62. The molecule has 116 valence electrons. The van der Waals surface area contributed by atoms with E-state index in [1.807, 2.05) is 25.7 Å². The number of carbonyl (C=O) groups is 2. The van der Waals surface area contributed by atoms with E-state index >= 15 is 0 Å². The van der Waals surface area contributed by atoms with Crippen LogP contribution in [0, 0.1) is 5.41 Å². The number of unbranched alkanes of at least 4 members (excludes halogenated alkanes) is 2. The van der Waals surface area contributed by atoms with Gasteiger partial charge in [-0.1, -0.05) is 20.8 Å². The molecule has 0 spiro atoms. The zero-order valence-electron chi connectivity index (χ0n) is 13.2. The van der Waals surface area contributed by atoms with Crippen LogP contribution in [-0.4, -0.2) is 49.6 Å². The van der Waals surface area contributed by atoms with E-state index in [0.717, 1.165) is 32.4 Å². The summed E-state index contributed by atoms with van der Waals surface area (Å²) in [7, 11) is 1.70. The first-order valence-corrected chi connectivity index (χ1v) is 7.43. The highest BCUT2D eigenvalue weighted by molar-refractivity contribution is 5.90. The Bertz CT molecular complexity index is 337. The van der Waals surface area contributed by atoms with Gasteiger partial charge in [-0.2, -0.15) is 0 Å². The molecular weight excluding hydrogens is 256 g/mol. The monoisotopic (exact) mass is 284 g/mol. The van der Waals surface area contributed by atoms with E-state index in [9.17, 15) is 9.59 Å². The lowest BCUT2D eigenvalue weighted by molar-refractivity contribution is -0.136. The van der Waals surface area contributed by atoms with Gasteiger partial charge in [0.1, 0.15) is 6.04 Å². The van der Waals surface area contributed by atoms with Crippen LogP contribution in [0.15, 0.2) is 0 Å². The van der Waals surface area contributed by atoms with Crippen LogP contribution in [0.5, 0.6) is 0 Å². The molecule has 5 nitrogen and oxygen atoms in total. The van der Waals surface area contributed by atoms with Crippen molar-refractivity contribution >= 4 is 11.8 Å². The predicted molar refractivity (Wildman–Crippen MR) is 78.3 cm³/mol. The van der Waals surface area contributed by atoms with Crippen molar-refractivity contribution in [1.29, 1.82) is 0 Å². The van der Waals surface area contributed by atoms with E-state index in [4.69, 9.17) is 4.74 Å². The largest absolute Gasteiger partial charge is 0.385 e. The van der Waals surface area contributed by atoms with E-state index in [-0.39, 0.29) is 17.2 Å². The second-order valence-corrected chi connectivity index (χ2v) is 6.50. The molecule has 0 saturated carbocycles. The van der Waals surface area contributed by atoms with E-state index in [1.165, 1.54) is 0 Å². The number of hydrogen-bond donors (Lipinski definition) is 1. The maximum atomic E-state index is 12.5. The summed E-state index contributed by atoms with van der Waals surface area (Å²) in [5.41, 5.74) is -0.259. The van der Waals surface area contributed by atoms with Crippen molar-refractivity contribution < 1.29 is 14.3 Å². The maximum Gasteiger partial charge on any atom is 0.245 e. The zero-order valence-corrected chi connectivity index (χ0v) is 13.2. The van der Waals surface area contributed by atoms with Gasteiger partial charge < -0.3 is 15.0 Å². The Labute approximate surface area is 122 Å². The summed E-state index contributed by atoms with van der Waals surface area (Å²) < 4.78 is 5.02. The molecule has 0 aliphatic carbocycles. The number of ether oxygens (including phenoxy) is 1. The zero-order chi connectivity index (χ0) is 15.2. The van der Waals surface area contributed by atoms with Gasteiger partial charge in [-0.3, -0.25) is 9.59 Å². The Kier molecular flexibility index (Phi) is 6.46. The van der Waals surface area contributed by atoms with Crippen molar-refractivity contribution in [2.75, 3.05) is 26.8 Å². The molecule has 1 fully saturated rings. The van der Waals surface area contributed by atoms with Crippen molar-refractivity contribution in [2.24, 2.45) is 5.41 Å². The number of rotatable bonds is 6. The van der Waals surface area contributed by atoms with Gasteiger partial charge >= 0.3 is 0 Å². The minimum atomic E-state index is -0.420. The van der Waals surface area contributed by atoms with Gasteiger partial charge in [-0.05, 0) is 24.7 Å². The predicted octanol–water partition coefficient (Wildman–Crippen LogP) is 1.57. The van der Waals surface area contributed by atoms with Gasteiger partial charge in [-0.25, -0.2) is 0 Å². The van der Waals surface area contributed by atoms with Crippen LogP contribution in [0.25, 0.3) is 0 Å². The molecule has 1 heterocycles. The van der Waals surface area contributed by atoms with Gasteiger partial charge in [0, 0.05) is 33.2 Å². The number of hydrogen-bond acceptors (Lipinski definition) is 3. The lowest BCUT2D eigenvalue weighted by Crippen LogP contribution is -2.52. The first kappa shape index (κ1) is 17.0. The van der Waals surface area contributed by atoms with E-state index in [1.54, 1.807) is 7.11 Å². The molecule has 0 bridgehead atoms. The summed E-state index contributed by atoms with van der Waals surface area (Å²) in [6.07, 6.45) is 3.41. The fourth-order valence-corrected chi connectivity index (χ4v) is 2.36. The number of methoxy groups -OCH3 is 1. The van der Waals surface area contributed by atoms with Crippen LogP contribution in [0.2, 0.25) is 0 Å². The van der Waals surface area contributed by atoms with E-state index < -0.39 is 6.04 Å². The van der Waals surface area contributed by atoms with Crippen molar-refractivity contribution in [2.45, 2.75) is 52.5 Å². The van der Waals surface area contributed by atoms with E-state index in [2.05, 4.69) is 5.32 Å². The van der Waals surface area contributed by atoms with Gasteiger partial charge in [0.25, 0.3) is 0 Å². The molecule has 1 rings (SSSR count). The summed E-state index contributed by atoms with van der Waals surface area (Å²) in [4.78, 5) is 26.1. The highest BCUT2D eigenvalue weighted by Crippen LogP contribution is 2.23. The van der Waals surface area contributed by atoms with Crippen LogP contribution in [0.3, 0.4) is 0 Å². The molecule has 1 N–H and O–H groups in total. The summed E-state index contributed by atoms with van der Waals surface area (Å²) in [5.74, 6) is 0.0234. The molecule has 1 aliphatic rings. The Balaban J connectivity index is 2.56. The number of nitrogens with one attached hydrogen (secondary N) is 1. The average Bonchev–Trinajstić information content (AvgIpc) is 2.50. The molecule has 0 aromatic carbocycles. The smallest absolute Gasteiger partial charge is 0.245 e. The van der Waals surface area contributed by atoms with Crippen LogP contribution >= 0.6 is 0 Å². The second kappa shape index (κ2) is 7.62. The number of nitrogens with zero attached hydrogens (tertiary/aromatic N) is 1. The molecule has 20 heavy (non-hydrogen) atoms. The molecule has 1 atom stereocenters. The lowest BCUT2D eigenvalue weighted by Gasteiger charge is -2.32. The summed E-state index contributed by atoms with van der Waals surface area (Å²) in [6.45, 7) is 7.97. The third kappa shape index (κ3) is 5.12. The van der Waals surface area contributed by atoms with Crippen LogP contribution in [-0.2, 0) is 14.3 Å². The van der Waals surface area contributed by atoms with Crippen molar-refractivity contribution in [3.05, 3.63) is 0 Å². The minimum absolute atomic E-state index is 0.0276. The molecule has 1 unspecified atom stereocenters. The fraction of sp³-hybridized carbons (Fsp3) is 0.867. The van der Waals surface area contributed by atoms with Gasteiger partial charge in [-0.15, -0.1) is 0 Å². The highest BCUT2D eigenvalue weighted by atomic mass is 16.5. The lowest BCUT2D eigenvalue weighted by atomic mass is 9.86. The first-order valence-electron chi connectivity index (χ1n) is 7.43. The Hall–Kier alpha value is -1.10. The van der Waals surface area contributed by atoms with E-state index in [0.29, 0.717) is 13.0 Å². The normalized spacial score (nSPS) is 20.8. The Morgan fingerprint density at radius 3 is 2.55 bits per heavy atom. The number of amides is 2. The highest BCUT2D eigenvalue weighted by Gasteiger charge is 2.37. The molecule has 5 heteroatoms.